The predicted molar refractivity (Wildman–Crippen MR) is 101 cm³/mol. The SMILES string of the molecule is Cc1n[nH]c(C)c1CCC(=O)N1CCC(=O)N(CC2CC2)[C@@H](C(C)C)C1. The number of H-pyrrole nitrogens is 1. The molecule has 144 valence electrons. The summed E-state index contributed by atoms with van der Waals surface area (Å²) >= 11 is 0. The molecule has 1 aromatic heterocycles. The van der Waals surface area contributed by atoms with Gasteiger partial charge in [0.15, 0.2) is 0 Å². The van der Waals surface area contributed by atoms with Crippen molar-refractivity contribution >= 4 is 11.8 Å². The third-order valence-corrected chi connectivity index (χ3v) is 5.87. The summed E-state index contributed by atoms with van der Waals surface area (Å²) in [4.78, 5) is 29.5. The van der Waals surface area contributed by atoms with E-state index in [2.05, 4.69) is 28.9 Å². The van der Waals surface area contributed by atoms with E-state index in [1.54, 1.807) is 0 Å². The van der Waals surface area contributed by atoms with Crippen LogP contribution in [0.15, 0.2) is 0 Å². The van der Waals surface area contributed by atoms with Gasteiger partial charge in [-0.1, -0.05) is 13.8 Å². The number of aromatic nitrogens is 2. The molecule has 2 heterocycles. The molecule has 0 bridgehead atoms. The second-order valence-electron chi connectivity index (χ2n) is 8.30. The largest absolute Gasteiger partial charge is 0.340 e. The van der Waals surface area contributed by atoms with Gasteiger partial charge in [0.05, 0.1) is 11.7 Å². The third kappa shape index (κ3) is 4.27. The normalized spacial score (nSPS) is 21.4. The Hall–Kier alpha value is -1.85. The highest BCUT2D eigenvalue weighted by molar-refractivity contribution is 5.81. The summed E-state index contributed by atoms with van der Waals surface area (Å²) in [7, 11) is 0. The van der Waals surface area contributed by atoms with Gasteiger partial charge in [-0.2, -0.15) is 5.10 Å². The summed E-state index contributed by atoms with van der Waals surface area (Å²) in [6.07, 6.45) is 4.10. The van der Waals surface area contributed by atoms with Gasteiger partial charge < -0.3 is 9.80 Å². The lowest BCUT2D eigenvalue weighted by atomic mass is 10.0. The second-order valence-corrected chi connectivity index (χ2v) is 8.30. The first-order valence-corrected chi connectivity index (χ1v) is 9.94. The number of carbonyl (C=O) groups excluding carboxylic acids is 2. The molecule has 2 aliphatic rings. The first-order valence-electron chi connectivity index (χ1n) is 9.94. The first kappa shape index (κ1) is 18.9. The van der Waals surface area contributed by atoms with Crippen LogP contribution in [-0.4, -0.2) is 57.5 Å². The van der Waals surface area contributed by atoms with Gasteiger partial charge >= 0.3 is 0 Å². The van der Waals surface area contributed by atoms with E-state index < -0.39 is 0 Å². The number of nitrogens with zero attached hydrogens (tertiary/aromatic N) is 3. The number of aryl methyl sites for hydroxylation is 2. The highest BCUT2D eigenvalue weighted by atomic mass is 16.2. The van der Waals surface area contributed by atoms with Crippen LogP contribution in [0.4, 0.5) is 0 Å². The minimum atomic E-state index is 0.131. The lowest BCUT2D eigenvalue weighted by Gasteiger charge is -2.34. The number of carbonyl (C=O) groups is 2. The molecule has 26 heavy (non-hydrogen) atoms. The van der Waals surface area contributed by atoms with E-state index in [9.17, 15) is 9.59 Å². The Balaban J connectivity index is 1.65. The topological polar surface area (TPSA) is 69.3 Å². The van der Waals surface area contributed by atoms with E-state index in [0.717, 1.165) is 23.5 Å². The summed E-state index contributed by atoms with van der Waals surface area (Å²) in [5.74, 6) is 1.39. The Morgan fingerprint density at radius 1 is 1.31 bits per heavy atom. The van der Waals surface area contributed by atoms with Crippen molar-refractivity contribution in [3.63, 3.8) is 0 Å². The van der Waals surface area contributed by atoms with Crippen LogP contribution < -0.4 is 0 Å². The van der Waals surface area contributed by atoms with Crippen molar-refractivity contribution in [2.24, 2.45) is 11.8 Å². The molecule has 2 amide bonds. The van der Waals surface area contributed by atoms with Crippen LogP contribution in [0.25, 0.3) is 0 Å². The van der Waals surface area contributed by atoms with Crippen molar-refractivity contribution in [1.82, 2.24) is 20.0 Å². The fourth-order valence-corrected chi connectivity index (χ4v) is 3.92. The lowest BCUT2D eigenvalue weighted by Crippen LogP contribution is -2.48. The van der Waals surface area contributed by atoms with Gasteiger partial charge in [-0.15, -0.1) is 0 Å². The zero-order valence-corrected chi connectivity index (χ0v) is 16.5. The molecule has 1 aliphatic heterocycles. The van der Waals surface area contributed by atoms with E-state index in [1.807, 2.05) is 18.7 Å². The molecule has 1 N–H and O–H groups in total. The highest BCUT2D eigenvalue weighted by Crippen LogP contribution is 2.32. The number of hydrogen-bond acceptors (Lipinski definition) is 3. The first-order chi connectivity index (χ1) is 12.4. The lowest BCUT2D eigenvalue weighted by molar-refractivity contribution is -0.134. The molecule has 6 heteroatoms. The maximum atomic E-state index is 12.9. The monoisotopic (exact) mass is 360 g/mol. The van der Waals surface area contributed by atoms with Crippen molar-refractivity contribution in [3.05, 3.63) is 17.0 Å². The summed E-state index contributed by atoms with van der Waals surface area (Å²) in [5.41, 5.74) is 3.15. The zero-order valence-electron chi connectivity index (χ0n) is 16.5. The van der Waals surface area contributed by atoms with E-state index >= 15 is 0 Å². The summed E-state index contributed by atoms with van der Waals surface area (Å²) in [6.45, 7) is 10.4. The number of nitrogens with one attached hydrogen (secondary N) is 1. The Labute approximate surface area is 156 Å². The molecule has 0 radical (unpaired) electrons. The van der Waals surface area contributed by atoms with Gasteiger partial charge in [0.2, 0.25) is 11.8 Å². The van der Waals surface area contributed by atoms with Crippen LogP contribution in [-0.2, 0) is 16.0 Å². The summed E-state index contributed by atoms with van der Waals surface area (Å²) in [6, 6.07) is 0.131. The number of rotatable bonds is 6. The Bertz CT molecular complexity index is 643. The van der Waals surface area contributed by atoms with Crippen molar-refractivity contribution < 1.29 is 9.59 Å². The second kappa shape index (κ2) is 7.80. The molecule has 1 aliphatic carbocycles. The average molecular weight is 361 g/mol. The molecule has 0 aromatic carbocycles. The molecular weight excluding hydrogens is 328 g/mol. The average Bonchev–Trinajstić information content (AvgIpc) is 3.37. The molecule has 3 rings (SSSR count). The minimum Gasteiger partial charge on any atom is -0.340 e. The molecule has 0 unspecified atom stereocenters. The minimum absolute atomic E-state index is 0.131. The van der Waals surface area contributed by atoms with Crippen LogP contribution >= 0.6 is 0 Å². The third-order valence-electron chi connectivity index (χ3n) is 5.87. The molecular formula is C20H32N4O2. The standard InChI is InChI=1S/C20H32N4O2/c1-13(2)18-12-23(10-9-20(26)24(18)11-16-5-6-16)19(25)8-7-17-14(3)21-22-15(17)4/h13,16,18H,5-12H2,1-4H3,(H,21,22)/t18-/m1/s1. The Kier molecular flexibility index (Phi) is 5.68. The zero-order chi connectivity index (χ0) is 18.8. The summed E-state index contributed by atoms with van der Waals surface area (Å²) in [5, 5.41) is 7.19. The van der Waals surface area contributed by atoms with Crippen LogP contribution in [0, 0.1) is 25.7 Å². The number of aromatic amines is 1. The van der Waals surface area contributed by atoms with Gasteiger partial charge in [0.1, 0.15) is 0 Å². The van der Waals surface area contributed by atoms with Gasteiger partial charge in [-0.25, -0.2) is 0 Å². The molecule has 1 atom stereocenters. The van der Waals surface area contributed by atoms with Crippen molar-refractivity contribution in [3.8, 4) is 0 Å². The van der Waals surface area contributed by atoms with Crippen molar-refractivity contribution in [1.29, 1.82) is 0 Å². The predicted octanol–water partition coefficient (Wildman–Crippen LogP) is 2.45. The van der Waals surface area contributed by atoms with Crippen molar-refractivity contribution in [2.45, 2.75) is 65.8 Å². The van der Waals surface area contributed by atoms with Gasteiger partial charge in [0, 0.05) is 38.2 Å². The van der Waals surface area contributed by atoms with E-state index in [1.165, 1.54) is 12.8 Å². The van der Waals surface area contributed by atoms with Crippen LogP contribution in [0.5, 0.6) is 0 Å². The molecule has 0 spiro atoms. The summed E-state index contributed by atoms with van der Waals surface area (Å²) < 4.78 is 0. The maximum Gasteiger partial charge on any atom is 0.224 e. The molecule has 6 nitrogen and oxygen atoms in total. The molecule has 1 aromatic rings. The number of amides is 2. The highest BCUT2D eigenvalue weighted by Gasteiger charge is 2.36. The smallest absolute Gasteiger partial charge is 0.224 e. The fraction of sp³-hybridized carbons (Fsp3) is 0.750. The van der Waals surface area contributed by atoms with Crippen LogP contribution in [0.2, 0.25) is 0 Å². The Morgan fingerprint density at radius 2 is 2.04 bits per heavy atom. The van der Waals surface area contributed by atoms with Crippen molar-refractivity contribution in [2.75, 3.05) is 19.6 Å². The van der Waals surface area contributed by atoms with E-state index in [0.29, 0.717) is 44.2 Å². The molecule has 1 saturated heterocycles. The fourth-order valence-electron chi connectivity index (χ4n) is 3.92. The van der Waals surface area contributed by atoms with Gasteiger partial charge in [0.25, 0.3) is 0 Å². The number of hydrogen-bond donors (Lipinski definition) is 1. The van der Waals surface area contributed by atoms with Crippen LogP contribution in [0.1, 0.15) is 56.5 Å². The van der Waals surface area contributed by atoms with Gasteiger partial charge in [-0.05, 0) is 50.5 Å². The Morgan fingerprint density at radius 3 is 2.62 bits per heavy atom. The maximum absolute atomic E-state index is 12.9. The molecule has 2 fully saturated rings. The molecule has 1 saturated carbocycles. The van der Waals surface area contributed by atoms with Gasteiger partial charge in [-0.3, -0.25) is 14.7 Å². The van der Waals surface area contributed by atoms with E-state index in [-0.39, 0.29) is 17.9 Å². The quantitative estimate of drug-likeness (QED) is 0.847. The van der Waals surface area contributed by atoms with Crippen LogP contribution in [0.3, 0.4) is 0 Å². The van der Waals surface area contributed by atoms with E-state index in [4.69, 9.17) is 0 Å².